The lowest BCUT2D eigenvalue weighted by atomic mass is 10.1. The summed E-state index contributed by atoms with van der Waals surface area (Å²) in [6, 6.07) is 14.7. The Morgan fingerprint density at radius 1 is 1.19 bits per heavy atom. The van der Waals surface area contributed by atoms with Gasteiger partial charge < -0.3 is 9.30 Å². The average molecular weight is 387 g/mol. The lowest BCUT2D eigenvalue weighted by Gasteiger charge is -2.18. The van der Waals surface area contributed by atoms with E-state index in [-0.39, 0.29) is 0 Å². The minimum Gasteiger partial charge on any atom is -0.497 e. The summed E-state index contributed by atoms with van der Waals surface area (Å²) in [7, 11) is 1.65. The molecule has 0 spiro atoms. The monoisotopic (exact) mass is 386 g/mol. The van der Waals surface area contributed by atoms with Crippen LogP contribution < -0.4 is 4.74 Å². The van der Waals surface area contributed by atoms with E-state index in [2.05, 4.69) is 40.7 Å². The number of ether oxygens (including phenoxy) is 1. The lowest BCUT2D eigenvalue weighted by molar-refractivity contribution is 0.414. The Morgan fingerprint density at radius 3 is 2.65 bits per heavy atom. The van der Waals surface area contributed by atoms with Crippen LogP contribution in [0.4, 0.5) is 0 Å². The molecular formula is C21H23ClN2OS. The molecule has 1 atom stereocenters. The van der Waals surface area contributed by atoms with Crippen molar-refractivity contribution in [3.8, 4) is 5.75 Å². The SMILES string of the molecule is COc1ccc(SC(CCc2ccc(C)cc2)Cn2ccnc2)c(Cl)c1. The molecule has 2 aromatic carbocycles. The predicted octanol–water partition coefficient (Wildman–Crippen LogP) is 5.65. The quantitative estimate of drug-likeness (QED) is 0.468. The number of halogens is 1. The van der Waals surface area contributed by atoms with Gasteiger partial charge in [0, 0.05) is 29.1 Å². The summed E-state index contributed by atoms with van der Waals surface area (Å²) in [6.45, 7) is 3.02. The molecular weight excluding hydrogens is 364 g/mol. The van der Waals surface area contributed by atoms with Crippen LogP contribution in [0.3, 0.4) is 0 Å². The van der Waals surface area contributed by atoms with Gasteiger partial charge in [-0.2, -0.15) is 0 Å². The Morgan fingerprint density at radius 2 is 2.00 bits per heavy atom. The van der Waals surface area contributed by atoms with Crippen LogP contribution in [0.5, 0.6) is 5.75 Å². The standard InChI is InChI=1S/C21H23ClN2OS/c1-16-3-5-17(6-4-16)7-9-19(14-24-12-11-23-15-24)26-21-10-8-18(25-2)13-20(21)22/h3-6,8,10-13,15,19H,7,9,14H2,1-2H3. The van der Waals surface area contributed by atoms with Crippen LogP contribution in [0.15, 0.2) is 66.1 Å². The van der Waals surface area contributed by atoms with Gasteiger partial charge in [0.05, 0.1) is 18.5 Å². The van der Waals surface area contributed by atoms with Gasteiger partial charge in [-0.3, -0.25) is 0 Å². The van der Waals surface area contributed by atoms with E-state index in [9.17, 15) is 0 Å². The van der Waals surface area contributed by atoms with E-state index in [1.807, 2.05) is 48.7 Å². The van der Waals surface area contributed by atoms with Crippen LogP contribution in [0.1, 0.15) is 17.5 Å². The second-order valence-corrected chi connectivity index (χ2v) is 8.07. The molecule has 5 heteroatoms. The van der Waals surface area contributed by atoms with Crippen molar-refractivity contribution in [2.45, 2.75) is 36.5 Å². The third-order valence-corrected chi connectivity index (χ3v) is 6.03. The minimum atomic E-state index is 0.399. The van der Waals surface area contributed by atoms with Crippen LogP contribution in [-0.2, 0) is 13.0 Å². The Kier molecular flexibility index (Phi) is 6.64. The summed E-state index contributed by atoms with van der Waals surface area (Å²) in [6.07, 6.45) is 7.81. The number of aryl methyl sites for hydroxylation is 2. The summed E-state index contributed by atoms with van der Waals surface area (Å²) < 4.78 is 7.38. The second-order valence-electron chi connectivity index (χ2n) is 6.32. The van der Waals surface area contributed by atoms with E-state index < -0.39 is 0 Å². The number of hydrogen-bond donors (Lipinski definition) is 0. The molecule has 0 bridgehead atoms. The van der Waals surface area contributed by atoms with Crippen molar-refractivity contribution < 1.29 is 4.74 Å². The van der Waals surface area contributed by atoms with Gasteiger partial charge in [0.1, 0.15) is 5.75 Å². The van der Waals surface area contributed by atoms with Crippen molar-refractivity contribution in [3.63, 3.8) is 0 Å². The molecule has 0 aliphatic heterocycles. The number of nitrogens with zero attached hydrogens (tertiary/aromatic N) is 2. The summed E-state index contributed by atoms with van der Waals surface area (Å²) >= 11 is 8.27. The molecule has 1 aromatic heterocycles. The number of aromatic nitrogens is 2. The highest BCUT2D eigenvalue weighted by atomic mass is 35.5. The molecule has 1 heterocycles. The highest BCUT2D eigenvalue weighted by Gasteiger charge is 2.14. The first-order valence-corrected chi connectivity index (χ1v) is 9.91. The molecule has 1 unspecified atom stereocenters. The molecule has 3 rings (SSSR count). The Bertz CT molecular complexity index is 819. The first-order valence-electron chi connectivity index (χ1n) is 8.65. The van der Waals surface area contributed by atoms with E-state index >= 15 is 0 Å². The zero-order valence-corrected chi connectivity index (χ0v) is 16.6. The van der Waals surface area contributed by atoms with Gasteiger partial charge in [0.2, 0.25) is 0 Å². The van der Waals surface area contributed by atoms with Gasteiger partial charge in [-0.1, -0.05) is 41.4 Å². The molecule has 0 saturated heterocycles. The average Bonchev–Trinajstić information content (AvgIpc) is 3.15. The third kappa shape index (κ3) is 5.29. The summed E-state index contributed by atoms with van der Waals surface area (Å²) in [5, 5.41) is 1.14. The smallest absolute Gasteiger partial charge is 0.120 e. The Balaban J connectivity index is 1.71. The molecule has 0 aliphatic rings. The fraction of sp³-hybridized carbons (Fsp3) is 0.286. The maximum Gasteiger partial charge on any atom is 0.120 e. The molecule has 3 aromatic rings. The van der Waals surface area contributed by atoms with Gasteiger partial charge in [0.25, 0.3) is 0 Å². The van der Waals surface area contributed by atoms with Gasteiger partial charge in [-0.05, 0) is 43.5 Å². The van der Waals surface area contributed by atoms with E-state index in [0.717, 1.165) is 35.1 Å². The lowest BCUT2D eigenvalue weighted by Crippen LogP contribution is -2.13. The topological polar surface area (TPSA) is 27.1 Å². The van der Waals surface area contributed by atoms with Gasteiger partial charge in [-0.25, -0.2) is 4.98 Å². The van der Waals surface area contributed by atoms with Crippen LogP contribution >= 0.6 is 23.4 Å². The molecule has 0 radical (unpaired) electrons. The van der Waals surface area contributed by atoms with E-state index in [0.29, 0.717) is 5.25 Å². The maximum absolute atomic E-state index is 6.45. The number of methoxy groups -OCH3 is 1. The van der Waals surface area contributed by atoms with Crippen molar-refractivity contribution in [2.24, 2.45) is 0 Å². The fourth-order valence-electron chi connectivity index (χ4n) is 2.78. The molecule has 0 fully saturated rings. The largest absolute Gasteiger partial charge is 0.497 e. The van der Waals surface area contributed by atoms with Crippen LogP contribution in [0.25, 0.3) is 0 Å². The van der Waals surface area contributed by atoms with Gasteiger partial charge in [0.15, 0.2) is 0 Å². The zero-order chi connectivity index (χ0) is 18.4. The van der Waals surface area contributed by atoms with Crippen LogP contribution in [0, 0.1) is 6.92 Å². The normalized spacial score (nSPS) is 12.1. The van der Waals surface area contributed by atoms with Gasteiger partial charge in [-0.15, -0.1) is 11.8 Å². The third-order valence-electron chi connectivity index (χ3n) is 4.28. The van der Waals surface area contributed by atoms with Crippen molar-refractivity contribution in [2.75, 3.05) is 7.11 Å². The van der Waals surface area contributed by atoms with Crippen molar-refractivity contribution in [3.05, 3.63) is 77.3 Å². The number of imidazole rings is 1. The van der Waals surface area contributed by atoms with E-state index in [1.165, 1.54) is 11.1 Å². The van der Waals surface area contributed by atoms with Gasteiger partial charge >= 0.3 is 0 Å². The van der Waals surface area contributed by atoms with E-state index in [1.54, 1.807) is 7.11 Å². The molecule has 0 amide bonds. The van der Waals surface area contributed by atoms with E-state index in [4.69, 9.17) is 16.3 Å². The Labute approximate surface area is 164 Å². The van der Waals surface area contributed by atoms with Crippen LogP contribution in [-0.4, -0.2) is 21.9 Å². The fourth-order valence-corrected chi connectivity index (χ4v) is 4.25. The number of thioether (sulfide) groups is 1. The molecule has 136 valence electrons. The first kappa shape index (κ1) is 18.9. The van der Waals surface area contributed by atoms with Crippen molar-refractivity contribution in [1.29, 1.82) is 0 Å². The number of rotatable bonds is 8. The van der Waals surface area contributed by atoms with Crippen LogP contribution in [0.2, 0.25) is 5.02 Å². The molecule has 0 saturated carbocycles. The molecule has 0 N–H and O–H groups in total. The molecule has 26 heavy (non-hydrogen) atoms. The summed E-state index contributed by atoms with van der Waals surface area (Å²) in [5.41, 5.74) is 2.66. The highest BCUT2D eigenvalue weighted by molar-refractivity contribution is 8.00. The maximum atomic E-state index is 6.45. The zero-order valence-electron chi connectivity index (χ0n) is 15.1. The number of benzene rings is 2. The molecule has 0 aliphatic carbocycles. The molecule has 3 nitrogen and oxygen atoms in total. The Hall–Kier alpha value is -1.91. The predicted molar refractivity (Wildman–Crippen MR) is 109 cm³/mol. The minimum absolute atomic E-state index is 0.399. The van der Waals surface area contributed by atoms with Crippen molar-refractivity contribution in [1.82, 2.24) is 9.55 Å². The summed E-state index contributed by atoms with van der Waals surface area (Å²) in [5.74, 6) is 0.783. The number of hydrogen-bond acceptors (Lipinski definition) is 3. The first-order chi connectivity index (χ1) is 12.6. The second kappa shape index (κ2) is 9.15. The highest BCUT2D eigenvalue weighted by Crippen LogP contribution is 2.35. The van der Waals surface area contributed by atoms with Crippen molar-refractivity contribution >= 4 is 23.4 Å². The summed E-state index contributed by atoms with van der Waals surface area (Å²) in [4.78, 5) is 5.25.